The molecule has 0 amide bonds. The second-order valence-electron chi connectivity index (χ2n) is 4.35. The maximum absolute atomic E-state index is 10.9. The molecule has 4 nitrogen and oxygen atoms in total. The Kier molecular flexibility index (Phi) is 2.27. The Morgan fingerprint density at radius 1 is 1.64 bits per heavy atom. The van der Waals surface area contributed by atoms with Gasteiger partial charge in [0.1, 0.15) is 0 Å². The minimum Gasteiger partial charge on any atom is -0.383 e. The molecule has 76 valence electrons. The number of rotatable bonds is 3. The van der Waals surface area contributed by atoms with E-state index in [0.717, 1.165) is 12.2 Å². The van der Waals surface area contributed by atoms with Gasteiger partial charge in [0.2, 0.25) is 0 Å². The van der Waals surface area contributed by atoms with Crippen LogP contribution < -0.4 is 10.9 Å². The van der Waals surface area contributed by atoms with Crippen LogP contribution in [0.25, 0.3) is 0 Å². The molecule has 0 atom stereocenters. The number of anilines is 1. The molecule has 1 saturated carbocycles. The maximum atomic E-state index is 10.9. The van der Waals surface area contributed by atoms with Crippen LogP contribution in [0.15, 0.2) is 17.1 Å². The van der Waals surface area contributed by atoms with Gasteiger partial charge in [-0.2, -0.15) is 5.10 Å². The van der Waals surface area contributed by atoms with Crippen molar-refractivity contribution in [1.82, 2.24) is 10.2 Å². The molecule has 0 aromatic carbocycles. The minimum atomic E-state index is -0.159. The molecular formula is C10H15N3O. The van der Waals surface area contributed by atoms with Crippen LogP contribution in [0, 0.1) is 5.41 Å². The fraction of sp³-hybridized carbons (Fsp3) is 0.600. The standard InChI is InChI=1S/C10H15N3O/c1-10(3-2-4-10)7-11-8-5-9(14)13-12-6-8/h5-6H,2-4,7H2,1H3,(H2,11,13,14). The topological polar surface area (TPSA) is 57.8 Å². The molecule has 1 aliphatic carbocycles. The van der Waals surface area contributed by atoms with Crippen LogP contribution in [0.4, 0.5) is 5.69 Å². The second kappa shape index (κ2) is 3.44. The van der Waals surface area contributed by atoms with Crippen molar-refractivity contribution in [1.29, 1.82) is 0 Å². The highest BCUT2D eigenvalue weighted by molar-refractivity contribution is 5.38. The first-order valence-electron chi connectivity index (χ1n) is 4.97. The first-order valence-corrected chi connectivity index (χ1v) is 4.97. The van der Waals surface area contributed by atoms with E-state index >= 15 is 0 Å². The van der Waals surface area contributed by atoms with E-state index in [0.29, 0.717) is 5.41 Å². The van der Waals surface area contributed by atoms with Crippen molar-refractivity contribution >= 4 is 5.69 Å². The van der Waals surface area contributed by atoms with Gasteiger partial charge in [-0.1, -0.05) is 13.3 Å². The average molecular weight is 193 g/mol. The highest BCUT2D eigenvalue weighted by atomic mass is 16.1. The van der Waals surface area contributed by atoms with E-state index in [9.17, 15) is 4.79 Å². The maximum Gasteiger partial charge on any atom is 0.266 e. The molecule has 1 fully saturated rings. The number of aromatic nitrogens is 2. The Morgan fingerprint density at radius 3 is 3.00 bits per heavy atom. The Morgan fingerprint density at radius 2 is 2.43 bits per heavy atom. The Labute approximate surface area is 82.7 Å². The van der Waals surface area contributed by atoms with Gasteiger partial charge in [-0.3, -0.25) is 4.79 Å². The number of H-pyrrole nitrogens is 1. The van der Waals surface area contributed by atoms with Crippen molar-refractivity contribution in [2.75, 3.05) is 11.9 Å². The first kappa shape index (κ1) is 9.24. The Bertz CT molecular complexity index is 368. The van der Waals surface area contributed by atoms with Gasteiger partial charge in [0.05, 0.1) is 11.9 Å². The summed E-state index contributed by atoms with van der Waals surface area (Å²) in [7, 11) is 0. The summed E-state index contributed by atoms with van der Waals surface area (Å²) in [5.41, 5.74) is 1.07. The normalized spacial score (nSPS) is 18.6. The van der Waals surface area contributed by atoms with E-state index in [1.807, 2.05) is 0 Å². The molecule has 0 radical (unpaired) electrons. The molecule has 4 heteroatoms. The van der Waals surface area contributed by atoms with E-state index in [-0.39, 0.29) is 5.56 Å². The van der Waals surface area contributed by atoms with E-state index in [4.69, 9.17) is 0 Å². The smallest absolute Gasteiger partial charge is 0.266 e. The van der Waals surface area contributed by atoms with Crippen LogP contribution in [0.5, 0.6) is 0 Å². The predicted molar refractivity (Wildman–Crippen MR) is 55.3 cm³/mol. The summed E-state index contributed by atoms with van der Waals surface area (Å²) in [6, 6.07) is 1.54. The number of hydrogen-bond acceptors (Lipinski definition) is 3. The van der Waals surface area contributed by atoms with Crippen LogP contribution in [-0.4, -0.2) is 16.7 Å². The number of nitrogens with one attached hydrogen (secondary N) is 2. The minimum absolute atomic E-state index is 0.159. The number of nitrogens with zero attached hydrogens (tertiary/aromatic N) is 1. The number of hydrogen-bond donors (Lipinski definition) is 2. The SMILES string of the molecule is CC1(CNc2cn[nH]c(=O)c2)CCC1. The summed E-state index contributed by atoms with van der Waals surface area (Å²) < 4.78 is 0. The molecule has 0 unspecified atom stereocenters. The molecule has 0 bridgehead atoms. The summed E-state index contributed by atoms with van der Waals surface area (Å²) in [5, 5.41) is 9.33. The van der Waals surface area contributed by atoms with Gasteiger partial charge in [0.15, 0.2) is 0 Å². The van der Waals surface area contributed by atoms with Gasteiger partial charge in [-0.15, -0.1) is 0 Å². The zero-order valence-corrected chi connectivity index (χ0v) is 8.34. The van der Waals surface area contributed by atoms with Crippen LogP contribution in [0.2, 0.25) is 0 Å². The highest BCUT2D eigenvalue weighted by Crippen LogP contribution is 2.39. The van der Waals surface area contributed by atoms with Gasteiger partial charge in [-0.25, -0.2) is 5.10 Å². The highest BCUT2D eigenvalue weighted by Gasteiger charge is 2.31. The molecular weight excluding hydrogens is 178 g/mol. The van der Waals surface area contributed by atoms with Gasteiger partial charge < -0.3 is 5.32 Å². The van der Waals surface area contributed by atoms with Gasteiger partial charge >= 0.3 is 0 Å². The molecule has 14 heavy (non-hydrogen) atoms. The third kappa shape index (κ3) is 1.95. The summed E-state index contributed by atoms with van der Waals surface area (Å²) in [6.07, 6.45) is 5.52. The largest absolute Gasteiger partial charge is 0.383 e. The molecule has 1 aromatic heterocycles. The van der Waals surface area contributed by atoms with Gasteiger partial charge in [0.25, 0.3) is 5.56 Å². The monoisotopic (exact) mass is 193 g/mol. The van der Waals surface area contributed by atoms with Crippen molar-refractivity contribution in [3.05, 3.63) is 22.6 Å². The van der Waals surface area contributed by atoms with Crippen molar-refractivity contribution in [2.45, 2.75) is 26.2 Å². The van der Waals surface area contributed by atoms with Gasteiger partial charge in [0, 0.05) is 12.6 Å². The van der Waals surface area contributed by atoms with Crippen molar-refractivity contribution in [3.63, 3.8) is 0 Å². The van der Waals surface area contributed by atoms with E-state index in [1.54, 1.807) is 6.20 Å². The van der Waals surface area contributed by atoms with Crippen LogP contribution in [-0.2, 0) is 0 Å². The molecule has 1 aliphatic rings. The van der Waals surface area contributed by atoms with E-state index in [1.165, 1.54) is 25.3 Å². The van der Waals surface area contributed by atoms with Gasteiger partial charge in [-0.05, 0) is 18.3 Å². The van der Waals surface area contributed by atoms with Crippen molar-refractivity contribution in [3.8, 4) is 0 Å². The Balaban J connectivity index is 1.94. The van der Waals surface area contributed by atoms with Crippen molar-refractivity contribution < 1.29 is 0 Å². The summed E-state index contributed by atoms with van der Waals surface area (Å²) >= 11 is 0. The van der Waals surface area contributed by atoms with E-state index < -0.39 is 0 Å². The summed E-state index contributed by atoms with van der Waals surface area (Å²) in [5.74, 6) is 0. The molecule has 0 saturated heterocycles. The lowest BCUT2D eigenvalue weighted by Crippen LogP contribution is -2.33. The van der Waals surface area contributed by atoms with Crippen LogP contribution >= 0.6 is 0 Å². The lowest BCUT2D eigenvalue weighted by atomic mass is 9.70. The second-order valence-corrected chi connectivity index (χ2v) is 4.35. The third-order valence-corrected chi connectivity index (χ3v) is 2.94. The molecule has 0 spiro atoms. The van der Waals surface area contributed by atoms with Crippen molar-refractivity contribution in [2.24, 2.45) is 5.41 Å². The number of aromatic amines is 1. The predicted octanol–water partition coefficient (Wildman–Crippen LogP) is 1.37. The molecule has 1 aromatic rings. The summed E-state index contributed by atoms with van der Waals surface area (Å²) in [6.45, 7) is 3.20. The molecule has 0 aliphatic heterocycles. The summed E-state index contributed by atoms with van der Waals surface area (Å²) in [4.78, 5) is 10.9. The molecule has 1 heterocycles. The zero-order valence-electron chi connectivity index (χ0n) is 8.34. The first-order chi connectivity index (χ1) is 6.68. The fourth-order valence-corrected chi connectivity index (χ4v) is 1.75. The molecule has 2 N–H and O–H groups in total. The fourth-order valence-electron chi connectivity index (χ4n) is 1.75. The lowest BCUT2D eigenvalue weighted by Gasteiger charge is -2.38. The molecule has 2 rings (SSSR count). The van der Waals surface area contributed by atoms with Crippen LogP contribution in [0.3, 0.4) is 0 Å². The third-order valence-electron chi connectivity index (χ3n) is 2.94. The van der Waals surface area contributed by atoms with E-state index in [2.05, 4.69) is 22.4 Å². The zero-order chi connectivity index (χ0) is 10.0. The lowest BCUT2D eigenvalue weighted by molar-refractivity contribution is 0.180. The average Bonchev–Trinajstić information content (AvgIpc) is 2.12. The van der Waals surface area contributed by atoms with Crippen LogP contribution in [0.1, 0.15) is 26.2 Å². The quantitative estimate of drug-likeness (QED) is 0.762. The Hall–Kier alpha value is -1.32.